The van der Waals surface area contributed by atoms with Gasteiger partial charge in [-0.05, 0) is 19.8 Å². The van der Waals surface area contributed by atoms with Gasteiger partial charge >= 0.3 is 0 Å². The van der Waals surface area contributed by atoms with Gasteiger partial charge < -0.3 is 9.42 Å². The van der Waals surface area contributed by atoms with Crippen LogP contribution in [0.2, 0.25) is 0 Å². The summed E-state index contributed by atoms with van der Waals surface area (Å²) in [5.41, 5.74) is 0. The number of aromatic nitrogens is 2. The number of rotatable bonds is 5. The first-order valence-electron chi connectivity index (χ1n) is 6.28. The van der Waals surface area contributed by atoms with Gasteiger partial charge in [0.05, 0.1) is 0 Å². The molecule has 1 heterocycles. The largest absolute Gasteiger partial charge is 0.343 e. The highest BCUT2D eigenvalue weighted by Crippen LogP contribution is 2.35. The normalized spacial score (nSPS) is 15.6. The van der Waals surface area contributed by atoms with Crippen molar-refractivity contribution in [2.75, 3.05) is 13.1 Å². The summed E-state index contributed by atoms with van der Waals surface area (Å²) in [6, 6.07) is 0. The molecule has 94 valence electrons. The summed E-state index contributed by atoms with van der Waals surface area (Å²) in [5, 5.41) is 3.96. The lowest BCUT2D eigenvalue weighted by Crippen LogP contribution is -2.30. The van der Waals surface area contributed by atoms with Crippen molar-refractivity contribution in [3.63, 3.8) is 0 Å². The quantitative estimate of drug-likeness (QED) is 0.782. The third kappa shape index (κ3) is 2.84. The maximum atomic E-state index is 11.2. The molecule has 0 atom stereocenters. The fraction of sp³-hybridized carbons (Fsp3) is 0.750. The third-order valence-corrected chi connectivity index (χ3v) is 3.37. The fourth-order valence-electron chi connectivity index (χ4n) is 1.96. The van der Waals surface area contributed by atoms with E-state index in [9.17, 15) is 4.79 Å². The molecule has 0 spiro atoms. The van der Waals surface area contributed by atoms with E-state index in [4.69, 9.17) is 4.52 Å². The van der Waals surface area contributed by atoms with Crippen molar-refractivity contribution >= 4 is 5.91 Å². The molecule has 1 aliphatic carbocycles. The molecule has 17 heavy (non-hydrogen) atoms. The van der Waals surface area contributed by atoms with E-state index in [1.807, 2.05) is 6.92 Å². The van der Waals surface area contributed by atoms with Crippen LogP contribution < -0.4 is 0 Å². The molecule has 1 fully saturated rings. The first kappa shape index (κ1) is 12.1. The Morgan fingerprint density at radius 3 is 2.82 bits per heavy atom. The Balaban J connectivity index is 1.86. The topological polar surface area (TPSA) is 59.2 Å². The molecule has 0 aromatic carbocycles. The summed E-state index contributed by atoms with van der Waals surface area (Å²) in [5.74, 6) is 2.06. The summed E-state index contributed by atoms with van der Waals surface area (Å²) in [6.45, 7) is 4.94. The van der Waals surface area contributed by atoms with Gasteiger partial charge in [0.25, 0.3) is 0 Å². The first-order valence-corrected chi connectivity index (χ1v) is 6.28. The predicted octanol–water partition coefficient (Wildman–Crippen LogP) is 1.75. The number of carbonyl (C=O) groups excluding carboxylic acids is 1. The second-order valence-corrected chi connectivity index (χ2v) is 4.53. The zero-order valence-corrected chi connectivity index (χ0v) is 10.5. The average molecular weight is 237 g/mol. The van der Waals surface area contributed by atoms with Gasteiger partial charge in [-0.25, -0.2) is 0 Å². The van der Waals surface area contributed by atoms with Gasteiger partial charge in [0.2, 0.25) is 11.8 Å². The summed E-state index contributed by atoms with van der Waals surface area (Å²) in [4.78, 5) is 17.4. The van der Waals surface area contributed by atoms with Crippen LogP contribution in [0.1, 0.15) is 50.7 Å². The number of amides is 1. The molecule has 2 rings (SSSR count). The van der Waals surface area contributed by atoms with E-state index >= 15 is 0 Å². The second-order valence-electron chi connectivity index (χ2n) is 4.53. The van der Waals surface area contributed by atoms with Gasteiger partial charge in [0.15, 0.2) is 5.82 Å². The molecule has 0 unspecified atom stereocenters. The van der Waals surface area contributed by atoms with Crippen LogP contribution in [-0.2, 0) is 11.2 Å². The van der Waals surface area contributed by atoms with Crippen molar-refractivity contribution in [2.24, 2.45) is 0 Å². The number of likely N-dealkylation sites (N-methyl/N-ethyl adjacent to an activating group) is 1. The van der Waals surface area contributed by atoms with E-state index < -0.39 is 0 Å². The molecule has 1 amide bonds. The van der Waals surface area contributed by atoms with Crippen molar-refractivity contribution in [3.8, 4) is 0 Å². The Morgan fingerprint density at radius 1 is 1.53 bits per heavy atom. The maximum Gasteiger partial charge on any atom is 0.229 e. The fourth-order valence-corrected chi connectivity index (χ4v) is 1.96. The molecule has 0 radical (unpaired) electrons. The highest BCUT2D eigenvalue weighted by molar-refractivity contribution is 5.73. The van der Waals surface area contributed by atoms with Crippen molar-refractivity contribution in [1.29, 1.82) is 0 Å². The number of nitrogens with zero attached hydrogens (tertiary/aromatic N) is 3. The second kappa shape index (κ2) is 5.29. The Labute approximate surface area is 101 Å². The lowest BCUT2D eigenvalue weighted by molar-refractivity contribution is -0.128. The minimum atomic E-state index is 0.0928. The van der Waals surface area contributed by atoms with E-state index in [0.29, 0.717) is 24.7 Å². The van der Waals surface area contributed by atoms with E-state index in [1.54, 1.807) is 11.8 Å². The summed E-state index contributed by atoms with van der Waals surface area (Å²) >= 11 is 0. The monoisotopic (exact) mass is 237 g/mol. The predicted molar refractivity (Wildman–Crippen MR) is 62.5 cm³/mol. The summed E-state index contributed by atoms with van der Waals surface area (Å²) in [6.07, 6.45) is 4.26. The van der Waals surface area contributed by atoms with Crippen LogP contribution >= 0.6 is 0 Å². The number of hydrogen-bond acceptors (Lipinski definition) is 4. The van der Waals surface area contributed by atoms with Crippen LogP contribution in [0.25, 0.3) is 0 Å². The van der Waals surface area contributed by atoms with Gasteiger partial charge in [-0.2, -0.15) is 4.98 Å². The zero-order valence-electron chi connectivity index (χ0n) is 10.5. The van der Waals surface area contributed by atoms with E-state index in [0.717, 1.165) is 25.3 Å². The Kier molecular flexibility index (Phi) is 3.76. The van der Waals surface area contributed by atoms with Crippen molar-refractivity contribution in [3.05, 3.63) is 11.7 Å². The number of carbonyl (C=O) groups is 1. The molecule has 1 saturated carbocycles. The molecule has 1 aliphatic rings. The first-order chi connectivity index (χ1) is 8.20. The molecule has 5 heteroatoms. The lowest BCUT2D eigenvalue weighted by Gasteiger charge is -2.20. The third-order valence-electron chi connectivity index (χ3n) is 3.37. The molecular weight excluding hydrogens is 218 g/mol. The van der Waals surface area contributed by atoms with E-state index in [1.165, 1.54) is 6.42 Å². The summed E-state index contributed by atoms with van der Waals surface area (Å²) < 4.78 is 5.23. The highest BCUT2D eigenvalue weighted by atomic mass is 16.5. The average Bonchev–Trinajstić information content (AvgIpc) is 2.64. The Morgan fingerprint density at radius 2 is 2.29 bits per heavy atom. The van der Waals surface area contributed by atoms with Gasteiger partial charge in [0.1, 0.15) is 0 Å². The number of hydrogen-bond donors (Lipinski definition) is 0. The van der Waals surface area contributed by atoms with Crippen molar-refractivity contribution in [1.82, 2.24) is 15.0 Å². The van der Waals surface area contributed by atoms with Gasteiger partial charge in [0, 0.05) is 32.4 Å². The van der Waals surface area contributed by atoms with Crippen LogP contribution in [0.5, 0.6) is 0 Å². The summed E-state index contributed by atoms with van der Waals surface area (Å²) in [7, 11) is 0. The van der Waals surface area contributed by atoms with E-state index in [-0.39, 0.29) is 5.91 Å². The molecule has 1 aromatic rings. The maximum absolute atomic E-state index is 11.2. The molecule has 0 N–H and O–H groups in total. The molecule has 1 aromatic heterocycles. The van der Waals surface area contributed by atoms with Crippen LogP contribution in [0.4, 0.5) is 0 Å². The highest BCUT2D eigenvalue weighted by Gasteiger charge is 2.25. The minimum Gasteiger partial charge on any atom is -0.343 e. The molecule has 0 bridgehead atoms. The molecule has 0 saturated heterocycles. The smallest absolute Gasteiger partial charge is 0.229 e. The molecular formula is C12H19N3O2. The SMILES string of the molecule is CCN(CCc1noc(C2CCC2)n1)C(C)=O. The van der Waals surface area contributed by atoms with Crippen molar-refractivity contribution in [2.45, 2.75) is 45.4 Å². The van der Waals surface area contributed by atoms with E-state index in [2.05, 4.69) is 10.1 Å². The van der Waals surface area contributed by atoms with Crippen molar-refractivity contribution < 1.29 is 9.32 Å². The van der Waals surface area contributed by atoms with Gasteiger partial charge in [-0.1, -0.05) is 11.6 Å². The minimum absolute atomic E-state index is 0.0928. The van der Waals surface area contributed by atoms with Crippen LogP contribution in [0.15, 0.2) is 4.52 Å². The van der Waals surface area contributed by atoms with Crippen LogP contribution in [-0.4, -0.2) is 34.0 Å². The van der Waals surface area contributed by atoms with Crippen LogP contribution in [0.3, 0.4) is 0 Å². The Bertz CT molecular complexity index is 385. The standard InChI is InChI=1S/C12H19N3O2/c1-3-15(9(2)16)8-7-11-13-12(17-14-11)10-5-4-6-10/h10H,3-8H2,1-2H3. The molecule has 5 nitrogen and oxygen atoms in total. The van der Waals surface area contributed by atoms with Gasteiger partial charge in [-0.3, -0.25) is 4.79 Å². The zero-order chi connectivity index (χ0) is 12.3. The van der Waals surface area contributed by atoms with Gasteiger partial charge in [-0.15, -0.1) is 0 Å². The lowest BCUT2D eigenvalue weighted by atomic mass is 9.85. The molecule has 0 aliphatic heterocycles. The van der Waals surface area contributed by atoms with Crippen LogP contribution in [0, 0.1) is 0 Å². The Hall–Kier alpha value is -1.39.